The molecule has 1 heterocycles. The van der Waals surface area contributed by atoms with Crippen LogP contribution >= 0.6 is 11.6 Å². The Labute approximate surface area is 238 Å². The van der Waals surface area contributed by atoms with Crippen LogP contribution in [0.15, 0.2) is 60.7 Å². The highest BCUT2D eigenvalue weighted by Gasteiger charge is 2.27. The van der Waals surface area contributed by atoms with Crippen LogP contribution in [0.5, 0.6) is 5.75 Å². The lowest BCUT2D eigenvalue weighted by Crippen LogP contribution is -2.53. The van der Waals surface area contributed by atoms with Crippen LogP contribution in [0.4, 0.5) is 0 Å². The molecule has 3 N–H and O–H groups in total. The molecule has 212 valence electrons. The first-order valence-corrected chi connectivity index (χ1v) is 14.2. The van der Waals surface area contributed by atoms with E-state index >= 15 is 0 Å². The van der Waals surface area contributed by atoms with Crippen LogP contribution in [0.25, 0.3) is 0 Å². The van der Waals surface area contributed by atoms with E-state index in [-0.39, 0.29) is 29.7 Å². The molecule has 0 aliphatic carbocycles. The third-order valence-corrected chi connectivity index (χ3v) is 6.99. The molecule has 1 aliphatic rings. The van der Waals surface area contributed by atoms with Crippen molar-refractivity contribution in [3.63, 3.8) is 0 Å². The van der Waals surface area contributed by atoms with Crippen LogP contribution < -0.4 is 20.7 Å². The van der Waals surface area contributed by atoms with Crippen molar-refractivity contribution in [3.05, 3.63) is 76.8 Å². The summed E-state index contributed by atoms with van der Waals surface area (Å²) in [5.74, 6) is 0.221. The Hall–Kier alpha value is -2.87. The molecule has 2 aromatic carbocycles. The molecule has 7 nitrogen and oxygen atoms in total. The van der Waals surface area contributed by atoms with E-state index in [4.69, 9.17) is 16.3 Å². The molecule has 0 bridgehead atoms. The van der Waals surface area contributed by atoms with Gasteiger partial charge >= 0.3 is 0 Å². The predicted octanol–water partition coefficient (Wildman–Crippen LogP) is 3.86. The highest BCUT2D eigenvalue weighted by atomic mass is 35.5. The van der Waals surface area contributed by atoms with Gasteiger partial charge in [-0.3, -0.25) is 9.59 Å². The first kappa shape index (κ1) is 30.7. The minimum atomic E-state index is -0.642. The Balaban J connectivity index is 1.86. The van der Waals surface area contributed by atoms with Crippen molar-refractivity contribution in [2.75, 3.05) is 40.3 Å². The molecule has 2 aromatic rings. The summed E-state index contributed by atoms with van der Waals surface area (Å²) in [7, 11) is 3.79. The lowest BCUT2D eigenvalue weighted by molar-refractivity contribution is -0.131. The van der Waals surface area contributed by atoms with Gasteiger partial charge in [-0.15, -0.1) is 0 Å². The number of carbonyl (C=O) groups is 2. The largest absolute Gasteiger partial charge is 0.492 e. The minimum Gasteiger partial charge on any atom is -0.492 e. The topological polar surface area (TPSA) is 82.7 Å². The minimum absolute atomic E-state index is 0.0314. The Morgan fingerprint density at radius 1 is 1.03 bits per heavy atom. The molecular formula is C31H43ClN4O3. The van der Waals surface area contributed by atoms with Crippen molar-refractivity contribution in [1.82, 2.24) is 20.9 Å². The normalized spacial score (nSPS) is 21.9. The number of rotatable bonds is 5. The van der Waals surface area contributed by atoms with Crippen molar-refractivity contribution >= 4 is 23.4 Å². The number of nitrogens with zero attached hydrogens (tertiary/aromatic N) is 1. The number of nitrogens with one attached hydrogen (secondary N) is 3. The van der Waals surface area contributed by atoms with Gasteiger partial charge in [-0.1, -0.05) is 67.9 Å². The third kappa shape index (κ3) is 10.3. The van der Waals surface area contributed by atoms with Gasteiger partial charge in [0.05, 0.1) is 5.92 Å². The van der Waals surface area contributed by atoms with Crippen molar-refractivity contribution in [3.8, 4) is 5.75 Å². The Bertz CT molecular complexity index is 1100. The SMILES string of the molecule is CC(C)[C@H]1C=C[C@@H](Cc2cccc(Cl)c2)NCCOc2ccccc2CCCNC(=O)[C@H](CN(C)C)NC1=O. The van der Waals surface area contributed by atoms with Crippen molar-refractivity contribution in [1.29, 1.82) is 0 Å². The van der Waals surface area contributed by atoms with Gasteiger partial charge in [0.25, 0.3) is 0 Å². The highest BCUT2D eigenvalue weighted by molar-refractivity contribution is 6.30. The molecule has 8 heteroatoms. The maximum absolute atomic E-state index is 13.4. The first-order chi connectivity index (χ1) is 18.7. The number of halogens is 1. The van der Waals surface area contributed by atoms with Gasteiger partial charge < -0.3 is 25.6 Å². The lowest BCUT2D eigenvalue weighted by Gasteiger charge is -2.25. The number of fused-ring (bicyclic) bond motifs is 1. The average molecular weight is 555 g/mol. The second-order valence-corrected chi connectivity index (χ2v) is 11.2. The summed E-state index contributed by atoms with van der Waals surface area (Å²) in [5, 5.41) is 10.3. The molecule has 2 amide bonds. The Morgan fingerprint density at radius 2 is 1.82 bits per heavy atom. The van der Waals surface area contributed by atoms with Crippen LogP contribution in [0.1, 0.15) is 31.4 Å². The molecular weight excluding hydrogens is 512 g/mol. The molecule has 3 atom stereocenters. The molecule has 0 saturated carbocycles. The molecule has 39 heavy (non-hydrogen) atoms. The Morgan fingerprint density at radius 3 is 2.56 bits per heavy atom. The van der Waals surface area contributed by atoms with Crippen LogP contribution in [-0.2, 0) is 22.4 Å². The molecule has 0 unspecified atom stereocenters. The molecule has 0 radical (unpaired) electrons. The van der Waals surface area contributed by atoms with E-state index in [1.807, 2.05) is 75.3 Å². The second-order valence-electron chi connectivity index (χ2n) is 10.7. The first-order valence-electron chi connectivity index (χ1n) is 13.8. The lowest BCUT2D eigenvalue weighted by atomic mass is 9.92. The van der Waals surface area contributed by atoms with E-state index in [9.17, 15) is 9.59 Å². The van der Waals surface area contributed by atoms with Gasteiger partial charge in [-0.25, -0.2) is 0 Å². The number of carbonyl (C=O) groups excluding carboxylic acids is 2. The molecule has 1 aliphatic heterocycles. The van der Waals surface area contributed by atoms with Gasteiger partial charge in [0.15, 0.2) is 0 Å². The average Bonchev–Trinajstić information content (AvgIpc) is 2.88. The number of aryl methyl sites for hydroxylation is 1. The van der Waals surface area contributed by atoms with Gasteiger partial charge in [0.1, 0.15) is 18.4 Å². The fraction of sp³-hybridized carbons (Fsp3) is 0.484. The smallest absolute Gasteiger partial charge is 0.243 e. The number of hydrogen-bond donors (Lipinski definition) is 3. The number of ether oxygens (including phenoxy) is 1. The fourth-order valence-corrected chi connectivity index (χ4v) is 4.90. The number of hydrogen-bond acceptors (Lipinski definition) is 5. The van der Waals surface area contributed by atoms with E-state index in [0.29, 0.717) is 37.7 Å². The summed E-state index contributed by atoms with van der Waals surface area (Å²) in [6.07, 6.45) is 6.29. The Kier molecular flexibility index (Phi) is 12.3. The van der Waals surface area contributed by atoms with E-state index in [1.54, 1.807) is 0 Å². The van der Waals surface area contributed by atoms with E-state index in [0.717, 1.165) is 29.7 Å². The number of amides is 2. The molecule has 0 saturated heterocycles. The van der Waals surface area contributed by atoms with Gasteiger partial charge in [0.2, 0.25) is 11.8 Å². The molecule has 0 spiro atoms. The van der Waals surface area contributed by atoms with E-state index < -0.39 is 6.04 Å². The standard InChI is InChI=1S/C31H43ClN4O3/c1-22(2)27-15-14-26(20-23-9-7-12-25(32)19-23)33-17-18-39-29-13-6-5-10-24(29)11-8-16-34-31(38)28(21-36(3)4)35-30(27)37/h5-7,9-10,12-15,19,22,26-28,33H,8,11,16-18,20-21H2,1-4H3,(H,34,38)(H,35,37)/t26-,27+,28-/m0/s1. The number of benzene rings is 2. The van der Waals surface area contributed by atoms with Crippen molar-refractivity contribution in [2.24, 2.45) is 11.8 Å². The monoisotopic (exact) mass is 554 g/mol. The van der Waals surface area contributed by atoms with Crippen LogP contribution in [0, 0.1) is 11.8 Å². The zero-order chi connectivity index (χ0) is 28.2. The molecule has 0 aromatic heterocycles. The second kappa shape index (κ2) is 15.7. The summed E-state index contributed by atoms with van der Waals surface area (Å²) in [5.41, 5.74) is 2.22. The molecule has 3 rings (SSSR count). The van der Waals surface area contributed by atoms with Crippen LogP contribution in [-0.4, -0.2) is 69.1 Å². The third-order valence-electron chi connectivity index (χ3n) is 6.76. The van der Waals surface area contributed by atoms with Crippen LogP contribution in [0.2, 0.25) is 5.02 Å². The summed E-state index contributed by atoms with van der Waals surface area (Å²) < 4.78 is 6.14. The zero-order valence-corrected chi connectivity index (χ0v) is 24.3. The number of para-hydroxylation sites is 1. The predicted molar refractivity (Wildman–Crippen MR) is 158 cm³/mol. The van der Waals surface area contributed by atoms with Crippen molar-refractivity contribution < 1.29 is 14.3 Å². The highest BCUT2D eigenvalue weighted by Crippen LogP contribution is 2.20. The van der Waals surface area contributed by atoms with Gasteiger partial charge in [0, 0.05) is 30.7 Å². The summed E-state index contributed by atoms with van der Waals surface area (Å²) in [6.45, 7) is 6.13. The quantitative estimate of drug-likeness (QED) is 0.489. The van der Waals surface area contributed by atoms with Gasteiger partial charge in [-0.05, 0) is 68.6 Å². The maximum Gasteiger partial charge on any atom is 0.243 e. The zero-order valence-electron chi connectivity index (χ0n) is 23.6. The summed E-state index contributed by atoms with van der Waals surface area (Å²) in [6, 6.07) is 15.2. The van der Waals surface area contributed by atoms with E-state index in [1.165, 1.54) is 0 Å². The molecule has 0 fully saturated rings. The van der Waals surface area contributed by atoms with Crippen molar-refractivity contribution in [2.45, 2.75) is 45.2 Å². The summed E-state index contributed by atoms with van der Waals surface area (Å²) >= 11 is 6.24. The van der Waals surface area contributed by atoms with Crippen LogP contribution in [0.3, 0.4) is 0 Å². The fourth-order valence-electron chi connectivity index (χ4n) is 4.69. The maximum atomic E-state index is 13.4. The van der Waals surface area contributed by atoms with E-state index in [2.05, 4.69) is 34.2 Å². The number of likely N-dealkylation sites (N-methyl/N-ethyl adjacent to an activating group) is 1. The summed E-state index contributed by atoms with van der Waals surface area (Å²) in [4.78, 5) is 28.4. The van der Waals surface area contributed by atoms with Gasteiger partial charge in [-0.2, -0.15) is 0 Å².